The monoisotopic (exact) mass is 492 g/mol. The first-order valence-corrected chi connectivity index (χ1v) is 11.5. The highest BCUT2D eigenvalue weighted by molar-refractivity contribution is 7.92. The molecule has 4 rings (SSSR count). The summed E-state index contributed by atoms with van der Waals surface area (Å²) in [4.78, 5) is 12.0. The van der Waals surface area contributed by atoms with E-state index in [1.165, 1.54) is 30.3 Å². The average Bonchev–Trinajstić information content (AvgIpc) is 3.26. The third-order valence-electron chi connectivity index (χ3n) is 4.60. The molecule has 1 amide bonds. The maximum absolute atomic E-state index is 13.0. The van der Waals surface area contributed by atoms with E-state index in [1.54, 1.807) is 12.1 Å². The van der Waals surface area contributed by atoms with Crippen LogP contribution in [0.1, 0.15) is 5.56 Å². The lowest BCUT2D eigenvalue weighted by Crippen LogP contribution is -2.28. The van der Waals surface area contributed by atoms with Crippen LogP contribution in [-0.2, 0) is 21.4 Å². The molecular weight excluding hydrogens is 475 g/mol. The van der Waals surface area contributed by atoms with Crippen LogP contribution in [0.4, 0.5) is 10.1 Å². The summed E-state index contributed by atoms with van der Waals surface area (Å²) in [6.07, 6.45) is 0. The fourth-order valence-electron chi connectivity index (χ4n) is 2.94. The number of benzene rings is 3. The van der Waals surface area contributed by atoms with E-state index in [-0.39, 0.29) is 41.3 Å². The Morgan fingerprint density at radius 2 is 1.79 bits per heavy atom. The first-order valence-electron chi connectivity index (χ1n) is 9.66. The molecule has 0 aromatic heterocycles. The molecule has 1 heterocycles. The van der Waals surface area contributed by atoms with Crippen molar-refractivity contribution in [2.45, 2.75) is 11.4 Å². The van der Waals surface area contributed by atoms with Crippen LogP contribution >= 0.6 is 11.6 Å². The fourth-order valence-corrected chi connectivity index (χ4v) is 4.33. The quantitative estimate of drug-likeness (QED) is 0.497. The second-order valence-corrected chi connectivity index (χ2v) is 9.05. The molecule has 1 aliphatic rings. The van der Waals surface area contributed by atoms with Crippen LogP contribution in [0.3, 0.4) is 0 Å². The summed E-state index contributed by atoms with van der Waals surface area (Å²) in [6, 6.07) is 14.1. The van der Waals surface area contributed by atoms with Crippen molar-refractivity contribution in [3.05, 3.63) is 77.1 Å². The van der Waals surface area contributed by atoms with Gasteiger partial charge in [-0.15, -0.1) is 0 Å². The summed E-state index contributed by atoms with van der Waals surface area (Å²) in [5.41, 5.74) is 1.03. The zero-order chi connectivity index (χ0) is 23.4. The zero-order valence-electron chi connectivity index (χ0n) is 17.0. The predicted molar refractivity (Wildman–Crippen MR) is 119 cm³/mol. The highest BCUT2D eigenvalue weighted by Crippen LogP contribution is 2.32. The first-order chi connectivity index (χ1) is 15.8. The smallest absolute Gasteiger partial charge is 0.261 e. The van der Waals surface area contributed by atoms with E-state index in [1.807, 2.05) is 6.07 Å². The van der Waals surface area contributed by atoms with E-state index < -0.39 is 21.7 Å². The van der Waals surface area contributed by atoms with Gasteiger partial charge in [0.1, 0.15) is 11.6 Å². The van der Waals surface area contributed by atoms with Gasteiger partial charge in [-0.05, 0) is 60.2 Å². The van der Waals surface area contributed by atoms with Gasteiger partial charge in [0.25, 0.3) is 15.9 Å². The van der Waals surface area contributed by atoms with Crippen LogP contribution in [0.25, 0.3) is 0 Å². The number of anilines is 1. The lowest BCUT2D eigenvalue weighted by Gasteiger charge is -2.12. The molecule has 172 valence electrons. The molecule has 0 bridgehead atoms. The number of hydrogen-bond acceptors (Lipinski definition) is 6. The minimum Gasteiger partial charge on any atom is -0.482 e. The average molecular weight is 493 g/mol. The third-order valence-corrected chi connectivity index (χ3v) is 6.27. The molecule has 0 fully saturated rings. The second kappa shape index (κ2) is 9.55. The largest absolute Gasteiger partial charge is 0.482 e. The van der Waals surface area contributed by atoms with Crippen molar-refractivity contribution in [1.82, 2.24) is 5.32 Å². The second-order valence-electron chi connectivity index (χ2n) is 6.96. The molecule has 3 aromatic carbocycles. The molecule has 33 heavy (non-hydrogen) atoms. The molecule has 1 aliphatic heterocycles. The van der Waals surface area contributed by atoms with Gasteiger partial charge in [0.15, 0.2) is 18.1 Å². The highest BCUT2D eigenvalue weighted by atomic mass is 35.5. The number of amides is 1. The van der Waals surface area contributed by atoms with Gasteiger partial charge in [-0.25, -0.2) is 12.8 Å². The van der Waals surface area contributed by atoms with Gasteiger partial charge in [-0.1, -0.05) is 17.7 Å². The van der Waals surface area contributed by atoms with Gasteiger partial charge in [-0.2, -0.15) is 0 Å². The van der Waals surface area contributed by atoms with E-state index in [4.69, 9.17) is 25.8 Å². The Labute approximate surface area is 194 Å². The van der Waals surface area contributed by atoms with E-state index in [9.17, 15) is 17.6 Å². The molecule has 2 N–H and O–H groups in total. The molecule has 3 aromatic rings. The molecule has 11 heteroatoms. The molecule has 0 atom stereocenters. The van der Waals surface area contributed by atoms with Crippen molar-refractivity contribution in [2.75, 3.05) is 18.1 Å². The van der Waals surface area contributed by atoms with Gasteiger partial charge in [-0.3, -0.25) is 9.52 Å². The van der Waals surface area contributed by atoms with Crippen LogP contribution in [-0.4, -0.2) is 27.7 Å². The Hall–Kier alpha value is -3.50. The van der Waals surface area contributed by atoms with Gasteiger partial charge >= 0.3 is 0 Å². The van der Waals surface area contributed by atoms with Crippen LogP contribution < -0.4 is 24.2 Å². The Balaban J connectivity index is 1.32. The van der Waals surface area contributed by atoms with Crippen LogP contribution in [0.15, 0.2) is 65.6 Å². The maximum Gasteiger partial charge on any atom is 0.261 e. The lowest BCUT2D eigenvalue weighted by atomic mass is 10.2. The van der Waals surface area contributed by atoms with E-state index in [0.717, 1.165) is 17.7 Å². The fraction of sp³-hybridized carbons (Fsp3) is 0.136. The van der Waals surface area contributed by atoms with Crippen molar-refractivity contribution >= 4 is 33.2 Å². The number of ether oxygens (including phenoxy) is 3. The van der Waals surface area contributed by atoms with Gasteiger partial charge < -0.3 is 19.5 Å². The summed E-state index contributed by atoms with van der Waals surface area (Å²) in [5.74, 6) is 0.548. The number of carbonyl (C=O) groups is 1. The van der Waals surface area contributed by atoms with Crippen molar-refractivity contribution < 1.29 is 31.8 Å². The molecule has 0 spiro atoms. The Bertz CT molecular complexity index is 1280. The minimum atomic E-state index is -3.95. The minimum absolute atomic E-state index is 0.0144. The summed E-state index contributed by atoms with van der Waals surface area (Å²) < 4.78 is 56.3. The number of hydrogen-bond donors (Lipinski definition) is 2. The standard InChI is InChI=1S/C22H18ClFN2O6S/c23-18-10-17(33(28,29)26-16-4-2-15(24)3-5-16)6-8-19(18)30-12-22(27)25-11-14-1-7-20-21(9-14)32-13-31-20/h1-10,26H,11-13H2,(H,25,27). The molecular formula is C22H18ClFN2O6S. The molecule has 0 saturated carbocycles. The summed E-state index contributed by atoms with van der Waals surface area (Å²) in [6.45, 7) is 0.116. The highest BCUT2D eigenvalue weighted by Gasteiger charge is 2.17. The number of nitrogens with one attached hydrogen (secondary N) is 2. The van der Waals surface area contributed by atoms with Crippen LogP contribution in [0, 0.1) is 5.82 Å². The normalized spacial score (nSPS) is 12.3. The summed E-state index contributed by atoms with van der Waals surface area (Å²) >= 11 is 6.15. The van der Waals surface area contributed by atoms with Crippen LogP contribution in [0.2, 0.25) is 5.02 Å². The number of rotatable bonds is 8. The number of halogens is 2. The van der Waals surface area contributed by atoms with Crippen LogP contribution in [0.5, 0.6) is 17.2 Å². The number of carbonyl (C=O) groups excluding carboxylic acids is 1. The number of fused-ring (bicyclic) bond motifs is 1. The topological polar surface area (TPSA) is 103 Å². The molecule has 0 unspecified atom stereocenters. The molecule has 0 aliphatic carbocycles. The van der Waals surface area contributed by atoms with Gasteiger partial charge in [0.05, 0.1) is 9.92 Å². The molecule has 0 saturated heterocycles. The van der Waals surface area contributed by atoms with E-state index >= 15 is 0 Å². The van der Waals surface area contributed by atoms with Gasteiger partial charge in [0.2, 0.25) is 6.79 Å². The van der Waals surface area contributed by atoms with E-state index in [0.29, 0.717) is 11.5 Å². The van der Waals surface area contributed by atoms with Crippen molar-refractivity contribution in [3.8, 4) is 17.2 Å². The Morgan fingerprint density at radius 3 is 2.55 bits per heavy atom. The van der Waals surface area contributed by atoms with E-state index in [2.05, 4.69) is 10.0 Å². The summed E-state index contributed by atoms with van der Waals surface area (Å²) in [7, 11) is -3.95. The van der Waals surface area contributed by atoms with Crippen molar-refractivity contribution in [1.29, 1.82) is 0 Å². The van der Waals surface area contributed by atoms with Gasteiger partial charge in [0, 0.05) is 12.2 Å². The van der Waals surface area contributed by atoms with Crippen molar-refractivity contribution in [2.24, 2.45) is 0 Å². The first kappa shape index (κ1) is 22.7. The summed E-state index contributed by atoms with van der Waals surface area (Å²) in [5, 5.41) is 2.73. The van der Waals surface area contributed by atoms with Crippen molar-refractivity contribution in [3.63, 3.8) is 0 Å². The number of sulfonamides is 1. The Morgan fingerprint density at radius 1 is 1.03 bits per heavy atom. The lowest BCUT2D eigenvalue weighted by molar-refractivity contribution is -0.123. The third kappa shape index (κ3) is 5.65. The zero-order valence-corrected chi connectivity index (χ0v) is 18.6. The Kier molecular flexibility index (Phi) is 6.57. The maximum atomic E-state index is 13.0. The molecule has 8 nitrogen and oxygen atoms in total. The predicted octanol–water partition coefficient (Wildman–Crippen LogP) is 3.70. The SMILES string of the molecule is O=C(COc1ccc(S(=O)(=O)Nc2ccc(F)cc2)cc1Cl)NCc1ccc2c(c1)OCO2. The molecule has 0 radical (unpaired) electrons.